The molecule has 2 rings (SSSR count). The van der Waals surface area contributed by atoms with Gasteiger partial charge < -0.3 is 0 Å². The summed E-state index contributed by atoms with van der Waals surface area (Å²) in [6.45, 7) is 0. The highest BCUT2D eigenvalue weighted by Gasteiger charge is 2.07. The molecule has 0 fully saturated rings. The number of carbonyl (C=O) groups is 1. The van der Waals surface area contributed by atoms with Gasteiger partial charge in [-0.3, -0.25) is 9.48 Å². The molecule has 1 heterocycles. The van der Waals surface area contributed by atoms with Gasteiger partial charge in [0.2, 0.25) is 5.78 Å². The lowest BCUT2D eigenvalue weighted by molar-refractivity contribution is 0.104. The van der Waals surface area contributed by atoms with Crippen molar-refractivity contribution in [2.75, 3.05) is 0 Å². The summed E-state index contributed by atoms with van der Waals surface area (Å²) in [5.74, 6) is -0.762. The highest BCUT2D eigenvalue weighted by Crippen LogP contribution is 2.20. The van der Waals surface area contributed by atoms with Crippen LogP contribution in [0.5, 0.6) is 0 Å². The largest absolute Gasteiger partial charge is 0.287 e. The summed E-state index contributed by atoms with van der Waals surface area (Å²) in [5, 5.41) is 4.22. The smallest absolute Gasteiger partial charge is 0.206 e. The molecule has 0 unspecified atom stereocenters. The van der Waals surface area contributed by atoms with Crippen LogP contribution >= 0.6 is 11.6 Å². The van der Waals surface area contributed by atoms with Crippen LogP contribution in [0.4, 0.5) is 4.39 Å². The minimum atomic E-state index is -0.465. The fraction of sp³-hybridized carbons (Fsp3) is 0.0769. The van der Waals surface area contributed by atoms with Crippen molar-refractivity contribution < 1.29 is 9.18 Å². The van der Waals surface area contributed by atoms with E-state index in [9.17, 15) is 9.18 Å². The van der Waals surface area contributed by atoms with E-state index in [2.05, 4.69) is 5.10 Å². The summed E-state index contributed by atoms with van der Waals surface area (Å²) in [6, 6.07) is 5.96. The molecule has 0 spiro atoms. The first kappa shape index (κ1) is 12.5. The highest BCUT2D eigenvalue weighted by atomic mass is 35.5. The average molecular weight is 265 g/mol. The first-order chi connectivity index (χ1) is 8.58. The summed E-state index contributed by atoms with van der Waals surface area (Å²) in [7, 11) is 1.72. The molecule has 3 nitrogen and oxygen atoms in total. The van der Waals surface area contributed by atoms with Gasteiger partial charge in [-0.05, 0) is 30.4 Å². The van der Waals surface area contributed by atoms with Crippen LogP contribution in [0.25, 0.3) is 6.08 Å². The number of carbonyl (C=O) groups excluding carboxylic acids is 1. The fourth-order valence-corrected chi connectivity index (χ4v) is 1.69. The van der Waals surface area contributed by atoms with Crippen molar-refractivity contribution in [2.45, 2.75) is 0 Å². The fourth-order valence-electron chi connectivity index (χ4n) is 1.46. The molecule has 0 saturated carbocycles. The molecule has 0 aliphatic carbocycles. The second-order valence-electron chi connectivity index (χ2n) is 3.71. The molecule has 5 heteroatoms. The van der Waals surface area contributed by atoms with Crippen LogP contribution in [0, 0.1) is 5.82 Å². The molecule has 0 aliphatic rings. The summed E-state index contributed by atoms with van der Waals surface area (Å²) >= 11 is 5.84. The molecule has 0 amide bonds. The van der Waals surface area contributed by atoms with Gasteiger partial charge in [-0.25, -0.2) is 4.39 Å². The number of aromatic nitrogens is 2. The van der Waals surface area contributed by atoms with E-state index in [1.165, 1.54) is 29.0 Å². The van der Waals surface area contributed by atoms with Gasteiger partial charge in [-0.2, -0.15) is 5.10 Å². The maximum absolute atomic E-state index is 13.4. The molecular formula is C13H10ClFN2O. The van der Waals surface area contributed by atoms with Gasteiger partial charge in [0.15, 0.2) is 0 Å². The lowest BCUT2D eigenvalue weighted by Crippen LogP contribution is -1.97. The Bertz CT molecular complexity index is 599. The zero-order valence-electron chi connectivity index (χ0n) is 9.60. The second-order valence-corrected chi connectivity index (χ2v) is 4.11. The first-order valence-electron chi connectivity index (χ1n) is 5.24. The normalized spacial score (nSPS) is 11.1. The molecule has 0 radical (unpaired) electrons. The Hall–Kier alpha value is -1.94. The number of nitrogens with zero attached hydrogens (tertiary/aromatic N) is 2. The Kier molecular flexibility index (Phi) is 3.58. The summed E-state index contributed by atoms with van der Waals surface area (Å²) < 4.78 is 15.0. The maximum Gasteiger partial charge on any atom is 0.206 e. The Morgan fingerprint density at radius 1 is 1.44 bits per heavy atom. The van der Waals surface area contributed by atoms with E-state index < -0.39 is 5.82 Å². The van der Waals surface area contributed by atoms with E-state index in [1.54, 1.807) is 25.4 Å². The monoisotopic (exact) mass is 264 g/mol. The molecule has 2 aromatic rings. The van der Waals surface area contributed by atoms with Crippen LogP contribution in [-0.2, 0) is 7.05 Å². The minimum Gasteiger partial charge on any atom is -0.287 e. The molecule has 18 heavy (non-hydrogen) atoms. The van der Waals surface area contributed by atoms with Crippen LogP contribution in [-0.4, -0.2) is 15.6 Å². The number of allylic oxidation sites excluding steroid dienone is 1. The van der Waals surface area contributed by atoms with Crippen LogP contribution in [0.3, 0.4) is 0 Å². The Morgan fingerprint density at radius 3 is 2.83 bits per heavy atom. The summed E-state index contributed by atoms with van der Waals surface area (Å²) in [5.41, 5.74) is 0.504. The van der Waals surface area contributed by atoms with E-state index in [0.29, 0.717) is 5.69 Å². The Labute approximate surface area is 108 Å². The quantitative estimate of drug-likeness (QED) is 0.631. The number of aryl methyl sites for hydroxylation is 1. The van der Waals surface area contributed by atoms with Crippen molar-refractivity contribution in [3.8, 4) is 0 Å². The molecule has 1 aromatic heterocycles. The van der Waals surface area contributed by atoms with E-state index in [-0.39, 0.29) is 16.4 Å². The molecular weight excluding hydrogens is 255 g/mol. The summed E-state index contributed by atoms with van der Waals surface area (Å²) in [4.78, 5) is 11.7. The van der Waals surface area contributed by atoms with Gasteiger partial charge in [0, 0.05) is 18.8 Å². The maximum atomic E-state index is 13.4. The van der Waals surface area contributed by atoms with Crippen LogP contribution in [0.15, 0.2) is 36.5 Å². The predicted octanol–water partition coefficient (Wildman–Crippen LogP) is 3.11. The summed E-state index contributed by atoms with van der Waals surface area (Å²) in [6.07, 6.45) is 4.28. The van der Waals surface area contributed by atoms with Crippen molar-refractivity contribution in [2.24, 2.45) is 7.05 Å². The Morgan fingerprint density at radius 2 is 2.22 bits per heavy atom. The SMILES string of the molecule is Cn1ccc(C(=O)/C=C/c2c(F)cccc2Cl)n1. The van der Waals surface area contributed by atoms with Gasteiger partial charge in [0.25, 0.3) is 0 Å². The van der Waals surface area contributed by atoms with Crippen molar-refractivity contribution in [3.63, 3.8) is 0 Å². The number of rotatable bonds is 3. The van der Waals surface area contributed by atoms with Crippen LogP contribution < -0.4 is 0 Å². The van der Waals surface area contributed by atoms with E-state index in [0.717, 1.165) is 0 Å². The van der Waals surface area contributed by atoms with Crippen molar-refractivity contribution in [3.05, 3.63) is 58.6 Å². The van der Waals surface area contributed by atoms with Gasteiger partial charge in [0.1, 0.15) is 11.5 Å². The van der Waals surface area contributed by atoms with E-state index >= 15 is 0 Å². The van der Waals surface area contributed by atoms with Gasteiger partial charge in [0.05, 0.1) is 5.02 Å². The van der Waals surface area contributed by atoms with E-state index in [1.807, 2.05) is 0 Å². The Balaban J connectivity index is 2.24. The third kappa shape index (κ3) is 2.65. The molecule has 0 bridgehead atoms. The first-order valence-corrected chi connectivity index (χ1v) is 5.62. The van der Waals surface area contributed by atoms with Gasteiger partial charge in [-0.15, -0.1) is 0 Å². The average Bonchev–Trinajstić information content (AvgIpc) is 2.75. The van der Waals surface area contributed by atoms with Gasteiger partial charge >= 0.3 is 0 Å². The number of hydrogen-bond donors (Lipinski definition) is 0. The third-order valence-corrected chi connectivity index (χ3v) is 2.70. The molecule has 1 aromatic carbocycles. The van der Waals surface area contributed by atoms with Crippen molar-refractivity contribution in [1.82, 2.24) is 9.78 Å². The minimum absolute atomic E-state index is 0.198. The lowest BCUT2D eigenvalue weighted by Gasteiger charge is -1.98. The molecule has 0 N–H and O–H groups in total. The second kappa shape index (κ2) is 5.14. The third-order valence-electron chi connectivity index (χ3n) is 2.37. The molecule has 0 saturated heterocycles. The van der Waals surface area contributed by atoms with Crippen LogP contribution in [0.1, 0.15) is 16.1 Å². The number of benzene rings is 1. The number of halogens is 2. The van der Waals surface area contributed by atoms with E-state index in [4.69, 9.17) is 11.6 Å². The molecule has 0 atom stereocenters. The number of ketones is 1. The zero-order chi connectivity index (χ0) is 13.1. The van der Waals surface area contributed by atoms with Crippen molar-refractivity contribution >= 4 is 23.5 Å². The van der Waals surface area contributed by atoms with Crippen LogP contribution in [0.2, 0.25) is 5.02 Å². The van der Waals surface area contributed by atoms with Gasteiger partial charge in [-0.1, -0.05) is 17.7 Å². The standard InChI is InChI=1S/C13H10ClFN2O/c1-17-8-7-12(16-17)13(18)6-5-9-10(14)3-2-4-11(9)15/h2-8H,1H3/b6-5+. The highest BCUT2D eigenvalue weighted by molar-refractivity contribution is 6.32. The van der Waals surface area contributed by atoms with Crippen molar-refractivity contribution in [1.29, 1.82) is 0 Å². The topological polar surface area (TPSA) is 34.9 Å². The predicted molar refractivity (Wildman–Crippen MR) is 68.0 cm³/mol. The molecule has 0 aliphatic heterocycles. The zero-order valence-corrected chi connectivity index (χ0v) is 10.4. The molecule has 92 valence electrons. The lowest BCUT2D eigenvalue weighted by atomic mass is 10.1. The number of hydrogen-bond acceptors (Lipinski definition) is 2.